The summed E-state index contributed by atoms with van der Waals surface area (Å²) in [5, 5.41) is 22.0. The smallest absolute Gasteiger partial charge is 0.266 e. The quantitative estimate of drug-likeness (QED) is 0.680. The SMILES string of the molecule is N#C/C(=C\c1ccccc1)C(=O)Nc1sc2c(c1C#N)CCCC2. The summed E-state index contributed by atoms with van der Waals surface area (Å²) in [6, 6.07) is 13.4. The van der Waals surface area contributed by atoms with Crippen LogP contribution in [-0.2, 0) is 17.6 Å². The third-order valence-electron chi connectivity index (χ3n) is 3.99. The Morgan fingerprint density at radius 1 is 1.17 bits per heavy atom. The van der Waals surface area contributed by atoms with Crippen molar-refractivity contribution in [2.24, 2.45) is 0 Å². The van der Waals surface area contributed by atoms with Crippen molar-refractivity contribution in [2.45, 2.75) is 25.7 Å². The van der Waals surface area contributed by atoms with E-state index in [1.54, 1.807) is 6.08 Å². The van der Waals surface area contributed by atoms with E-state index in [2.05, 4.69) is 11.4 Å². The van der Waals surface area contributed by atoms with Crippen LogP contribution >= 0.6 is 11.3 Å². The Bertz CT molecular complexity index is 882. The first-order valence-corrected chi connectivity index (χ1v) is 8.57. The number of hydrogen-bond donors (Lipinski definition) is 1. The van der Waals surface area contributed by atoms with Gasteiger partial charge in [0.05, 0.1) is 5.56 Å². The van der Waals surface area contributed by atoms with Crippen LogP contribution in [0.2, 0.25) is 0 Å². The molecule has 1 amide bonds. The zero-order valence-electron chi connectivity index (χ0n) is 13.0. The molecular formula is C19H15N3OS. The van der Waals surface area contributed by atoms with Gasteiger partial charge in [-0.05, 0) is 42.9 Å². The predicted octanol–water partition coefficient (Wildman–Crippen LogP) is 4.04. The lowest BCUT2D eigenvalue weighted by Gasteiger charge is -2.09. The summed E-state index contributed by atoms with van der Waals surface area (Å²) in [7, 11) is 0. The second kappa shape index (κ2) is 7.12. The maximum Gasteiger partial charge on any atom is 0.266 e. The van der Waals surface area contributed by atoms with Crippen molar-refractivity contribution in [3.8, 4) is 12.1 Å². The van der Waals surface area contributed by atoms with Crippen LogP contribution in [0, 0.1) is 22.7 Å². The molecule has 118 valence electrons. The number of nitrogens with one attached hydrogen (secondary N) is 1. The molecule has 0 radical (unpaired) electrons. The highest BCUT2D eigenvalue weighted by atomic mass is 32.1. The summed E-state index contributed by atoms with van der Waals surface area (Å²) in [5.41, 5.74) is 2.43. The van der Waals surface area contributed by atoms with Crippen molar-refractivity contribution in [1.82, 2.24) is 0 Å². The van der Waals surface area contributed by atoms with Gasteiger partial charge in [-0.3, -0.25) is 4.79 Å². The second-order valence-corrected chi connectivity index (χ2v) is 6.67. The van der Waals surface area contributed by atoms with Crippen LogP contribution < -0.4 is 5.32 Å². The van der Waals surface area contributed by atoms with Gasteiger partial charge in [0.2, 0.25) is 0 Å². The van der Waals surface area contributed by atoms with Crippen molar-refractivity contribution >= 4 is 28.3 Å². The van der Waals surface area contributed by atoms with Crippen molar-refractivity contribution < 1.29 is 4.79 Å². The number of carbonyl (C=O) groups is 1. The highest BCUT2D eigenvalue weighted by molar-refractivity contribution is 7.16. The molecule has 1 aliphatic rings. The normalized spacial score (nSPS) is 13.5. The van der Waals surface area contributed by atoms with Crippen LogP contribution in [0.1, 0.15) is 34.4 Å². The maximum atomic E-state index is 12.4. The predicted molar refractivity (Wildman–Crippen MR) is 94.3 cm³/mol. The van der Waals surface area contributed by atoms with Gasteiger partial charge in [0, 0.05) is 4.88 Å². The van der Waals surface area contributed by atoms with Crippen LogP contribution in [-0.4, -0.2) is 5.91 Å². The zero-order valence-corrected chi connectivity index (χ0v) is 13.8. The number of nitrogens with zero attached hydrogens (tertiary/aromatic N) is 2. The van der Waals surface area contributed by atoms with Crippen molar-refractivity contribution in [3.63, 3.8) is 0 Å². The third-order valence-corrected chi connectivity index (χ3v) is 5.19. The molecule has 2 aromatic rings. The molecule has 1 heterocycles. The van der Waals surface area contributed by atoms with Gasteiger partial charge in [-0.25, -0.2) is 0 Å². The van der Waals surface area contributed by atoms with Gasteiger partial charge >= 0.3 is 0 Å². The highest BCUT2D eigenvalue weighted by Crippen LogP contribution is 2.37. The summed E-state index contributed by atoms with van der Waals surface area (Å²) < 4.78 is 0. The number of nitriles is 2. The summed E-state index contributed by atoms with van der Waals surface area (Å²) in [6.45, 7) is 0. The lowest BCUT2D eigenvalue weighted by atomic mass is 9.96. The summed E-state index contributed by atoms with van der Waals surface area (Å²) in [5.74, 6) is -0.476. The summed E-state index contributed by atoms with van der Waals surface area (Å²) in [4.78, 5) is 13.6. The van der Waals surface area contributed by atoms with E-state index < -0.39 is 5.91 Å². The number of thiophene rings is 1. The van der Waals surface area contributed by atoms with E-state index in [0.717, 1.165) is 36.8 Å². The van der Waals surface area contributed by atoms with E-state index >= 15 is 0 Å². The fraction of sp³-hybridized carbons (Fsp3) is 0.211. The largest absolute Gasteiger partial charge is 0.312 e. The van der Waals surface area contributed by atoms with E-state index in [-0.39, 0.29) is 5.57 Å². The molecule has 0 aliphatic heterocycles. The van der Waals surface area contributed by atoms with Crippen LogP contribution in [0.25, 0.3) is 6.08 Å². The van der Waals surface area contributed by atoms with Crippen LogP contribution in [0.5, 0.6) is 0 Å². The molecular weight excluding hydrogens is 318 g/mol. The Hall–Kier alpha value is -2.89. The lowest BCUT2D eigenvalue weighted by molar-refractivity contribution is -0.112. The zero-order chi connectivity index (χ0) is 16.9. The van der Waals surface area contributed by atoms with Gasteiger partial charge in [0.1, 0.15) is 22.7 Å². The molecule has 0 atom stereocenters. The average molecular weight is 333 g/mol. The molecule has 5 heteroatoms. The van der Waals surface area contributed by atoms with E-state index in [1.807, 2.05) is 36.4 Å². The monoisotopic (exact) mass is 333 g/mol. The maximum absolute atomic E-state index is 12.4. The van der Waals surface area contributed by atoms with Gasteiger partial charge in [0.15, 0.2) is 0 Å². The van der Waals surface area contributed by atoms with Gasteiger partial charge in [-0.2, -0.15) is 10.5 Å². The topological polar surface area (TPSA) is 76.7 Å². The van der Waals surface area contributed by atoms with Crippen LogP contribution in [0.15, 0.2) is 35.9 Å². The summed E-state index contributed by atoms with van der Waals surface area (Å²) >= 11 is 1.46. The molecule has 1 N–H and O–H groups in total. The molecule has 1 aromatic heterocycles. The number of rotatable bonds is 3. The molecule has 0 fully saturated rings. The van der Waals surface area contributed by atoms with E-state index in [4.69, 9.17) is 0 Å². The van der Waals surface area contributed by atoms with E-state index in [1.165, 1.54) is 16.2 Å². The Labute approximate surface area is 144 Å². The molecule has 0 saturated carbocycles. The van der Waals surface area contributed by atoms with Gasteiger partial charge in [0.25, 0.3) is 5.91 Å². The first-order valence-electron chi connectivity index (χ1n) is 7.75. The fourth-order valence-electron chi connectivity index (χ4n) is 2.81. The molecule has 0 saturated heterocycles. The number of anilines is 1. The molecule has 4 nitrogen and oxygen atoms in total. The Kier molecular flexibility index (Phi) is 4.74. The first-order chi connectivity index (χ1) is 11.7. The Balaban J connectivity index is 1.87. The molecule has 1 aromatic carbocycles. The minimum atomic E-state index is -0.476. The molecule has 3 rings (SSSR count). The number of aryl methyl sites for hydroxylation is 1. The number of benzene rings is 1. The van der Waals surface area contributed by atoms with E-state index in [9.17, 15) is 15.3 Å². The Morgan fingerprint density at radius 3 is 2.62 bits per heavy atom. The second-order valence-electron chi connectivity index (χ2n) is 5.56. The van der Waals surface area contributed by atoms with Gasteiger partial charge in [-0.1, -0.05) is 30.3 Å². The number of hydrogen-bond acceptors (Lipinski definition) is 4. The number of amides is 1. The minimum absolute atomic E-state index is 0.0245. The van der Waals surface area contributed by atoms with Gasteiger partial charge < -0.3 is 5.32 Å². The molecule has 0 bridgehead atoms. The Morgan fingerprint density at radius 2 is 1.92 bits per heavy atom. The standard InChI is InChI=1S/C19H15N3OS/c20-11-14(10-13-6-2-1-3-7-13)18(23)22-19-16(12-21)15-8-4-5-9-17(15)24-19/h1-3,6-7,10H,4-5,8-9H2,(H,22,23)/b14-10+. The first kappa shape index (κ1) is 16.0. The molecule has 1 aliphatic carbocycles. The third kappa shape index (κ3) is 3.22. The number of carbonyl (C=O) groups excluding carboxylic acids is 1. The highest BCUT2D eigenvalue weighted by Gasteiger charge is 2.22. The molecule has 0 spiro atoms. The van der Waals surface area contributed by atoms with Crippen molar-refractivity contribution in [3.05, 3.63) is 57.5 Å². The molecule has 0 unspecified atom stereocenters. The summed E-state index contributed by atoms with van der Waals surface area (Å²) in [6.07, 6.45) is 5.58. The van der Waals surface area contributed by atoms with Crippen LogP contribution in [0.4, 0.5) is 5.00 Å². The van der Waals surface area contributed by atoms with Crippen molar-refractivity contribution in [2.75, 3.05) is 5.32 Å². The lowest BCUT2D eigenvalue weighted by Crippen LogP contribution is -2.13. The number of fused-ring (bicyclic) bond motifs is 1. The average Bonchev–Trinajstić information content (AvgIpc) is 2.97. The van der Waals surface area contributed by atoms with E-state index in [0.29, 0.717) is 10.6 Å². The van der Waals surface area contributed by atoms with Crippen LogP contribution in [0.3, 0.4) is 0 Å². The van der Waals surface area contributed by atoms with Gasteiger partial charge in [-0.15, -0.1) is 11.3 Å². The minimum Gasteiger partial charge on any atom is -0.312 e. The van der Waals surface area contributed by atoms with Crippen molar-refractivity contribution in [1.29, 1.82) is 10.5 Å². The molecule has 24 heavy (non-hydrogen) atoms. The fourth-order valence-corrected chi connectivity index (χ4v) is 4.04.